The van der Waals surface area contributed by atoms with Crippen molar-refractivity contribution in [3.63, 3.8) is 0 Å². The molecule has 4 N–H and O–H groups in total. The van der Waals surface area contributed by atoms with Crippen molar-refractivity contribution in [3.05, 3.63) is 70.8 Å². The summed E-state index contributed by atoms with van der Waals surface area (Å²) in [4.78, 5) is 8.41. The van der Waals surface area contributed by atoms with Crippen molar-refractivity contribution in [2.45, 2.75) is 31.6 Å². The molecule has 1 unspecified atom stereocenters. The monoisotopic (exact) mass is 453 g/mol. The summed E-state index contributed by atoms with van der Waals surface area (Å²) in [6, 6.07) is 3.23. The van der Waals surface area contributed by atoms with Gasteiger partial charge in [0.2, 0.25) is 0 Å². The number of aromatic amines is 1. The average Bonchev–Trinajstić information content (AvgIpc) is 3.17. The third-order valence-electron chi connectivity index (χ3n) is 6.50. The van der Waals surface area contributed by atoms with Crippen molar-refractivity contribution >= 4 is 18.0 Å². The number of H-pyrrole nitrogens is 1. The molecule has 0 spiro atoms. The molecule has 1 aliphatic carbocycles. The van der Waals surface area contributed by atoms with Gasteiger partial charge in [0, 0.05) is 18.1 Å². The molecule has 0 radical (unpaired) electrons. The zero-order valence-corrected chi connectivity index (χ0v) is 18.2. The normalized spacial score (nSPS) is 21.6. The number of nitrogens with zero attached hydrogens (tertiary/aromatic N) is 3. The number of piperidine rings is 1. The lowest BCUT2D eigenvalue weighted by Gasteiger charge is -2.30. The molecule has 0 bridgehead atoms. The molecule has 2 aliphatic heterocycles. The molecule has 1 aromatic carbocycles. The summed E-state index contributed by atoms with van der Waals surface area (Å²) in [7, 11) is 0. The maximum Gasteiger partial charge on any atom is 0.457 e. The number of nitrogens with two attached hydrogens (primary N) is 1. The van der Waals surface area contributed by atoms with Gasteiger partial charge in [-0.15, -0.1) is 4.68 Å². The summed E-state index contributed by atoms with van der Waals surface area (Å²) in [5.74, 6) is 0.334. The Morgan fingerprint density at radius 2 is 2.06 bits per heavy atom. The summed E-state index contributed by atoms with van der Waals surface area (Å²) in [6.45, 7) is 2.66. The highest BCUT2D eigenvalue weighted by Gasteiger charge is 2.33. The largest absolute Gasteiger partial charge is 0.497 e. The highest BCUT2D eigenvalue weighted by Crippen LogP contribution is 2.41. The number of benzene rings is 1. The SMILES string of the molecule is N/C=N\C(=Nc1ccc(F)cc1F)[n+]1cc2c([nH]1)C1CC(C3CCNCC3)=CC=C1OCC2. The molecule has 1 saturated heterocycles. The van der Waals surface area contributed by atoms with Crippen molar-refractivity contribution < 1.29 is 18.2 Å². The molecule has 3 heterocycles. The fourth-order valence-corrected chi connectivity index (χ4v) is 4.84. The Bertz CT molecular complexity index is 1160. The second-order valence-corrected chi connectivity index (χ2v) is 8.53. The second kappa shape index (κ2) is 9.27. The summed E-state index contributed by atoms with van der Waals surface area (Å²) in [5.41, 5.74) is 9.10. The quantitative estimate of drug-likeness (QED) is 0.371. The number of halogens is 2. The van der Waals surface area contributed by atoms with Gasteiger partial charge in [0.25, 0.3) is 0 Å². The number of aromatic nitrogens is 2. The van der Waals surface area contributed by atoms with Gasteiger partial charge < -0.3 is 15.8 Å². The number of allylic oxidation sites excluding steroid dienone is 4. The van der Waals surface area contributed by atoms with Crippen LogP contribution in [0.25, 0.3) is 0 Å². The Morgan fingerprint density at radius 3 is 2.85 bits per heavy atom. The number of nitrogens with one attached hydrogen (secondary N) is 2. The van der Waals surface area contributed by atoms with Crippen LogP contribution < -0.4 is 15.7 Å². The van der Waals surface area contributed by atoms with Gasteiger partial charge in [-0.1, -0.05) is 21.6 Å². The van der Waals surface area contributed by atoms with Crippen LogP contribution in [0.15, 0.2) is 57.9 Å². The lowest BCUT2D eigenvalue weighted by atomic mass is 9.80. The third kappa shape index (κ3) is 4.45. The van der Waals surface area contributed by atoms with Crippen LogP contribution in [0, 0.1) is 17.6 Å². The molecule has 7 nitrogen and oxygen atoms in total. The van der Waals surface area contributed by atoms with Crippen molar-refractivity contribution in [1.82, 2.24) is 10.4 Å². The summed E-state index contributed by atoms with van der Waals surface area (Å²) in [6.07, 6.45) is 11.2. The Labute approximate surface area is 190 Å². The number of aliphatic imine (C=N–C) groups is 2. The molecule has 5 rings (SSSR count). The van der Waals surface area contributed by atoms with Crippen LogP contribution in [0.4, 0.5) is 14.5 Å². The topological polar surface area (TPSA) is 91.7 Å². The smallest absolute Gasteiger partial charge is 0.457 e. The van der Waals surface area contributed by atoms with Gasteiger partial charge in [-0.2, -0.15) is 0 Å². The molecule has 0 amide bonds. The van der Waals surface area contributed by atoms with Crippen LogP contribution in [-0.2, 0) is 11.2 Å². The van der Waals surface area contributed by atoms with E-state index < -0.39 is 11.6 Å². The van der Waals surface area contributed by atoms with Gasteiger partial charge in [-0.25, -0.2) is 13.9 Å². The maximum absolute atomic E-state index is 14.2. The highest BCUT2D eigenvalue weighted by molar-refractivity contribution is 5.82. The first-order valence-electron chi connectivity index (χ1n) is 11.3. The predicted molar refractivity (Wildman–Crippen MR) is 121 cm³/mol. The summed E-state index contributed by atoms with van der Waals surface area (Å²) >= 11 is 0. The van der Waals surface area contributed by atoms with Crippen LogP contribution in [0.1, 0.15) is 36.4 Å². The fourth-order valence-electron chi connectivity index (χ4n) is 4.84. The highest BCUT2D eigenvalue weighted by atomic mass is 19.1. The van der Waals surface area contributed by atoms with E-state index >= 15 is 0 Å². The summed E-state index contributed by atoms with van der Waals surface area (Å²) in [5, 5.41) is 6.82. The number of fused-ring (bicyclic) bond motifs is 3. The molecule has 33 heavy (non-hydrogen) atoms. The van der Waals surface area contributed by atoms with E-state index in [-0.39, 0.29) is 17.6 Å². The fraction of sp³-hybridized carbons (Fsp3) is 0.375. The lowest BCUT2D eigenvalue weighted by Crippen LogP contribution is -2.43. The predicted octanol–water partition coefficient (Wildman–Crippen LogP) is 2.97. The van der Waals surface area contributed by atoms with Gasteiger partial charge in [0.1, 0.15) is 11.6 Å². The minimum atomic E-state index is -0.768. The molecule has 9 heteroatoms. The average molecular weight is 454 g/mol. The molecule has 3 aliphatic rings. The Hall–Kier alpha value is -3.33. The first-order chi connectivity index (χ1) is 16.1. The standard InChI is InChI=1S/C24H26F2N6O/c25-18-2-3-21(20(26)12-18)30-24(29-14-27)32-13-17-7-10-33-22-4-1-16(11-19(22)23(17)31-32)15-5-8-28-9-6-15/h1-4,12-15,19,28H,5-11H2,(H2,27,29,30)/p+1. The van der Waals surface area contributed by atoms with E-state index in [1.54, 1.807) is 4.68 Å². The Balaban J connectivity index is 1.49. The van der Waals surface area contributed by atoms with Gasteiger partial charge >= 0.3 is 5.96 Å². The Morgan fingerprint density at radius 1 is 1.21 bits per heavy atom. The molecule has 2 aromatic rings. The van der Waals surface area contributed by atoms with Gasteiger partial charge in [0.15, 0.2) is 17.8 Å². The minimum absolute atomic E-state index is 0.0213. The van der Waals surface area contributed by atoms with E-state index in [9.17, 15) is 8.78 Å². The van der Waals surface area contributed by atoms with Gasteiger partial charge in [-0.05, 0) is 56.5 Å². The maximum atomic E-state index is 14.2. The van der Waals surface area contributed by atoms with E-state index in [1.807, 2.05) is 6.20 Å². The van der Waals surface area contributed by atoms with E-state index in [1.165, 1.54) is 11.6 Å². The molecule has 1 atom stereocenters. The van der Waals surface area contributed by atoms with Crippen LogP contribution in [0.2, 0.25) is 0 Å². The summed E-state index contributed by atoms with van der Waals surface area (Å²) < 4.78 is 35.2. The van der Waals surface area contributed by atoms with E-state index in [4.69, 9.17) is 10.5 Å². The molecular weight excluding hydrogens is 426 g/mol. The molecule has 1 aromatic heterocycles. The van der Waals surface area contributed by atoms with Crippen LogP contribution in [0.5, 0.6) is 0 Å². The molecule has 1 fully saturated rings. The first-order valence-corrected chi connectivity index (χ1v) is 11.3. The number of ether oxygens (including phenoxy) is 1. The van der Waals surface area contributed by atoms with Crippen molar-refractivity contribution in [2.75, 3.05) is 19.7 Å². The van der Waals surface area contributed by atoms with Crippen LogP contribution >= 0.6 is 0 Å². The molecular formula is C24H27F2N6O+. The molecule has 0 saturated carbocycles. The van der Waals surface area contributed by atoms with Crippen LogP contribution in [0.3, 0.4) is 0 Å². The van der Waals surface area contributed by atoms with E-state index in [0.717, 1.165) is 74.3 Å². The zero-order chi connectivity index (χ0) is 22.8. The Kier molecular flexibility index (Phi) is 6.04. The minimum Gasteiger partial charge on any atom is -0.497 e. The van der Waals surface area contributed by atoms with Crippen LogP contribution in [-0.4, -0.2) is 37.1 Å². The zero-order valence-electron chi connectivity index (χ0n) is 18.2. The number of hydrogen-bond donors (Lipinski definition) is 3. The third-order valence-corrected chi connectivity index (χ3v) is 6.50. The van der Waals surface area contributed by atoms with Crippen molar-refractivity contribution in [1.29, 1.82) is 0 Å². The lowest BCUT2D eigenvalue weighted by molar-refractivity contribution is -0.619. The van der Waals surface area contributed by atoms with Gasteiger partial charge in [0.05, 0.1) is 24.4 Å². The second-order valence-electron chi connectivity index (χ2n) is 8.53. The number of hydrogen-bond acceptors (Lipinski definition) is 3. The van der Waals surface area contributed by atoms with Crippen molar-refractivity contribution in [2.24, 2.45) is 21.6 Å². The van der Waals surface area contributed by atoms with E-state index in [2.05, 4.69) is 32.6 Å². The van der Waals surface area contributed by atoms with E-state index in [0.29, 0.717) is 12.5 Å². The van der Waals surface area contributed by atoms with Gasteiger partial charge in [-0.3, -0.25) is 0 Å². The number of rotatable bonds is 2. The van der Waals surface area contributed by atoms with Crippen molar-refractivity contribution in [3.8, 4) is 0 Å². The molecule has 172 valence electrons. The first kappa shape index (κ1) is 21.5.